The molecule has 1 amide bonds. The lowest BCUT2D eigenvalue weighted by Gasteiger charge is -2.29. The van der Waals surface area contributed by atoms with E-state index in [-0.39, 0.29) is 24.2 Å². The summed E-state index contributed by atoms with van der Waals surface area (Å²) in [5.74, 6) is 0.423. The number of carbonyl (C=O) groups excluding carboxylic acids is 1. The van der Waals surface area contributed by atoms with Gasteiger partial charge in [0.05, 0.1) is 18.8 Å². The van der Waals surface area contributed by atoms with Crippen LogP contribution in [0.3, 0.4) is 0 Å². The van der Waals surface area contributed by atoms with Crippen LogP contribution in [-0.2, 0) is 18.9 Å². The molecule has 8 nitrogen and oxygen atoms in total. The van der Waals surface area contributed by atoms with Gasteiger partial charge in [-0.15, -0.1) is 0 Å². The number of nitrogens with zero attached hydrogens (tertiary/aromatic N) is 2. The first-order valence-corrected chi connectivity index (χ1v) is 8.69. The highest BCUT2D eigenvalue weighted by Gasteiger charge is 2.34. The molecule has 27 heavy (non-hydrogen) atoms. The molecule has 1 atom stereocenters. The number of ether oxygens (including phenoxy) is 2. The number of methoxy groups -OCH3 is 1. The van der Waals surface area contributed by atoms with E-state index in [9.17, 15) is 14.4 Å². The number of benzene rings is 1. The Morgan fingerprint density at radius 1 is 1.15 bits per heavy atom. The van der Waals surface area contributed by atoms with Crippen molar-refractivity contribution in [1.29, 1.82) is 0 Å². The van der Waals surface area contributed by atoms with Gasteiger partial charge in [0.2, 0.25) is 5.91 Å². The molecule has 0 saturated heterocycles. The Morgan fingerprint density at radius 3 is 2.48 bits per heavy atom. The van der Waals surface area contributed by atoms with Gasteiger partial charge in [-0.3, -0.25) is 18.7 Å². The van der Waals surface area contributed by atoms with E-state index in [2.05, 4.69) is 5.32 Å². The number of para-hydroxylation sites is 1. The van der Waals surface area contributed by atoms with Crippen LogP contribution in [0.15, 0.2) is 27.8 Å². The van der Waals surface area contributed by atoms with E-state index in [1.807, 2.05) is 19.9 Å². The molecule has 144 valence electrons. The molecule has 2 aromatic rings. The standard InChI is InChI=1S/C19H23N3O5/c1-10(2)27-16-11(7-6-8-13(16)26-5)12-9-14(23)20-17-15(12)18(24)22(4)19(25)21(17)3/h6-8,10,12H,9H2,1-5H3,(H,20,23)/t12-/m1/s1. The van der Waals surface area contributed by atoms with Crippen LogP contribution in [0, 0.1) is 0 Å². The van der Waals surface area contributed by atoms with Crippen LogP contribution in [-0.4, -0.2) is 28.3 Å². The van der Waals surface area contributed by atoms with E-state index in [0.717, 1.165) is 4.57 Å². The Labute approximate surface area is 156 Å². The summed E-state index contributed by atoms with van der Waals surface area (Å²) >= 11 is 0. The van der Waals surface area contributed by atoms with Crippen LogP contribution >= 0.6 is 0 Å². The molecule has 0 spiro atoms. The fourth-order valence-corrected chi connectivity index (χ4v) is 3.40. The van der Waals surface area contributed by atoms with E-state index in [4.69, 9.17) is 9.47 Å². The second-order valence-corrected chi connectivity index (χ2v) is 6.82. The molecule has 0 saturated carbocycles. The minimum Gasteiger partial charge on any atom is -0.493 e. The lowest BCUT2D eigenvalue weighted by molar-refractivity contribution is -0.116. The molecule has 2 heterocycles. The van der Waals surface area contributed by atoms with Crippen molar-refractivity contribution in [1.82, 2.24) is 9.13 Å². The van der Waals surface area contributed by atoms with Crippen LogP contribution < -0.4 is 26.0 Å². The molecular weight excluding hydrogens is 350 g/mol. The van der Waals surface area contributed by atoms with Crippen molar-refractivity contribution >= 4 is 11.7 Å². The zero-order valence-electron chi connectivity index (χ0n) is 16.0. The van der Waals surface area contributed by atoms with Crippen LogP contribution in [0.2, 0.25) is 0 Å². The van der Waals surface area contributed by atoms with E-state index < -0.39 is 17.2 Å². The maximum Gasteiger partial charge on any atom is 0.332 e. The molecule has 8 heteroatoms. The van der Waals surface area contributed by atoms with Crippen LogP contribution in [0.4, 0.5) is 5.82 Å². The number of carbonyl (C=O) groups is 1. The summed E-state index contributed by atoms with van der Waals surface area (Å²) in [6.45, 7) is 3.78. The minimum atomic E-state index is -0.553. The fraction of sp³-hybridized carbons (Fsp3) is 0.421. The van der Waals surface area contributed by atoms with Gasteiger partial charge in [-0.25, -0.2) is 4.79 Å². The van der Waals surface area contributed by atoms with Gasteiger partial charge in [0, 0.05) is 32.0 Å². The minimum absolute atomic E-state index is 0.0715. The Kier molecular flexibility index (Phi) is 4.82. The predicted octanol–water partition coefficient (Wildman–Crippen LogP) is 1.35. The molecule has 1 aliphatic heterocycles. The first-order valence-electron chi connectivity index (χ1n) is 8.69. The number of amides is 1. The second kappa shape index (κ2) is 6.94. The van der Waals surface area contributed by atoms with Gasteiger partial charge in [-0.2, -0.15) is 0 Å². The highest BCUT2D eigenvalue weighted by atomic mass is 16.5. The quantitative estimate of drug-likeness (QED) is 0.874. The molecule has 0 fully saturated rings. The summed E-state index contributed by atoms with van der Waals surface area (Å²) in [6.07, 6.45) is -0.0536. The molecular formula is C19H23N3O5. The topological polar surface area (TPSA) is 91.6 Å². The highest BCUT2D eigenvalue weighted by Crippen LogP contribution is 2.42. The lowest BCUT2D eigenvalue weighted by Crippen LogP contribution is -2.44. The second-order valence-electron chi connectivity index (χ2n) is 6.82. The monoisotopic (exact) mass is 373 g/mol. The van der Waals surface area contributed by atoms with Crippen molar-refractivity contribution in [3.63, 3.8) is 0 Å². The molecule has 1 N–H and O–H groups in total. The highest BCUT2D eigenvalue weighted by molar-refractivity contribution is 5.94. The Balaban J connectivity index is 2.32. The van der Waals surface area contributed by atoms with Crippen LogP contribution in [0.1, 0.15) is 37.3 Å². The number of hydrogen-bond acceptors (Lipinski definition) is 5. The van der Waals surface area contributed by atoms with Crippen LogP contribution in [0.25, 0.3) is 0 Å². The number of fused-ring (bicyclic) bond motifs is 1. The van der Waals surface area contributed by atoms with Gasteiger partial charge in [0.15, 0.2) is 11.5 Å². The summed E-state index contributed by atoms with van der Waals surface area (Å²) in [5.41, 5.74) is 0.108. The first kappa shape index (κ1) is 18.8. The summed E-state index contributed by atoms with van der Waals surface area (Å²) in [4.78, 5) is 37.5. The van der Waals surface area contributed by atoms with Gasteiger partial charge in [-0.05, 0) is 19.9 Å². The van der Waals surface area contributed by atoms with E-state index in [0.29, 0.717) is 22.6 Å². The van der Waals surface area contributed by atoms with Crippen molar-refractivity contribution in [2.45, 2.75) is 32.3 Å². The molecule has 1 aliphatic rings. The number of aromatic nitrogens is 2. The molecule has 3 rings (SSSR count). The number of anilines is 1. The smallest absolute Gasteiger partial charge is 0.332 e. The van der Waals surface area contributed by atoms with Gasteiger partial charge in [-0.1, -0.05) is 12.1 Å². The summed E-state index contributed by atoms with van der Waals surface area (Å²) < 4.78 is 13.7. The maximum atomic E-state index is 12.9. The normalized spacial score (nSPS) is 16.1. The Morgan fingerprint density at radius 2 is 1.85 bits per heavy atom. The summed E-state index contributed by atoms with van der Waals surface area (Å²) in [5, 5.41) is 2.66. The number of nitrogens with one attached hydrogen (secondary N) is 1. The van der Waals surface area contributed by atoms with Crippen LogP contribution in [0.5, 0.6) is 11.5 Å². The average Bonchev–Trinajstić information content (AvgIpc) is 2.63. The van der Waals surface area contributed by atoms with Gasteiger partial charge >= 0.3 is 5.69 Å². The largest absolute Gasteiger partial charge is 0.493 e. The van der Waals surface area contributed by atoms with Crippen molar-refractivity contribution < 1.29 is 14.3 Å². The molecule has 0 bridgehead atoms. The zero-order chi connectivity index (χ0) is 19.9. The first-order chi connectivity index (χ1) is 12.8. The summed E-state index contributed by atoms with van der Waals surface area (Å²) in [6, 6.07) is 5.38. The van der Waals surface area contributed by atoms with Gasteiger partial charge in [0.25, 0.3) is 5.56 Å². The van der Waals surface area contributed by atoms with E-state index in [1.54, 1.807) is 12.1 Å². The average molecular weight is 373 g/mol. The Bertz CT molecular complexity index is 1020. The van der Waals surface area contributed by atoms with Gasteiger partial charge < -0.3 is 14.8 Å². The predicted molar refractivity (Wildman–Crippen MR) is 101 cm³/mol. The fourth-order valence-electron chi connectivity index (χ4n) is 3.40. The maximum absolute atomic E-state index is 12.9. The molecule has 0 aliphatic carbocycles. The molecule has 0 unspecified atom stereocenters. The van der Waals surface area contributed by atoms with E-state index in [1.165, 1.54) is 25.8 Å². The van der Waals surface area contributed by atoms with Crippen molar-refractivity contribution in [2.24, 2.45) is 14.1 Å². The molecule has 1 aromatic carbocycles. The number of rotatable bonds is 4. The van der Waals surface area contributed by atoms with E-state index >= 15 is 0 Å². The third kappa shape index (κ3) is 3.11. The van der Waals surface area contributed by atoms with Crippen molar-refractivity contribution in [2.75, 3.05) is 12.4 Å². The molecule has 0 radical (unpaired) electrons. The lowest BCUT2D eigenvalue weighted by atomic mass is 9.86. The van der Waals surface area contributed by atoms with Crippen molar-refractivity contribution in [3.05, 3.63) is 50.2 Å². The molecule has 1 aromatic heterocycles. The SMILES string of the molecule is COc1cccc([C@H]2CC(=O)Nc3c2c(=O)n(C)c(=O)n3C)c1OC(C)C. The third-order valence-electron chi connectivity index (χ3n) is 4.65. The Hall–Kier alpha value is -3.03. The summed E-state index contributed by atoms with van der Waals surface area (Å²) in [7, 11) is 4.49. The third-order valence-corrected chi connectivity index (χ3v) is 4.65. The van der Waals surface area contributed by atoms with Crippen molar-refractivity contribution in [3.8, 4) is 11.5 Å². The van der Waals surface area contributed by atoms with Gasteiger partial charge in [0.1, 0.15) is 5.82 Å². The zero-order valence-corrected chi connectivity index (χ0v) is 16.0. The number of hydrogen-bond donors (Lipinski definition) is 1.